The molecule has 0 aliphatic carbocycles. The van der Waals surface area contributed by atoms with Gasteiger partial charge in [-0.3, -0.25) is 0 Å². The molecule has 0 aromatic heterocycles. The van der Waals surface area contributed by atoms with Gasteiger partial charge < -0.3 is 24.3 Å². The summed E-state index contributed by atoms with van der Waals surface area (Å²) in [7, 11) is 0. The maximum Gasteiger partial charge on any atom is 0.573 e. The lowest BCUT2D eigenvalue weighted by molar-refractivity contribution is -0.274. The first kappa shape index (κ1) is 33.0. The lowest BCUT2D eigenvalue weighted by atomic mass is 9.80. The number of esters is 1. The van der Waals surface area contributed by atoms with Crippen molar-refractivity contribution in [2.75, 3.05) is 13.2 Å². The summed E-state index contributed by atoms with van der Waals surface area (Å²) < 4.78 is 97.7. The number of carbonyl (C=O) groups excluding carboxylic acids is 2. The Balaban J connectivity index is 1.85. The Kier molecular flexibility index (Phi) is 10.4. The number of hydrogen-bond acceptors (Lipinski definition) is 6. The molecule has 3 rings (SSSR count). The molecule has 4 atom stereocenters. The molecule has 2 aromatic rings. The Morgan fingerprint density at radius 2 is 1.48 bits per heavy atom. The Hall–Kier alpha value is -3.48. The van der Waals surface area contributed by atoms with Gasteiger partial charge in [0.25, 0.3) is 0 Å². The minimum Gasteiger partial charge on any atom is -0.461 e. The van der Waals surface area contributed by atoms with Crippen molar-refractivity contribution in [1.82, 2.24) is 5.32 Å². The van der Waals surface area contributed by atoms with Gasteiger partial charge in [-0.25, -0.2) is 9.59 Å². The molecule has 1 saturated heterocycles. The number of rotatable bonds is 6. The number of benzene rings is 2. The maximum absolute atomic E-state index is 13.1. The van der Waals surface area contributed by atoms with Crippen molar-refractivity contribution >= 4 is 12.1 Å². The van der Waals surface area contributed by atoms with Crippen molar-refractivity contribution in [3.8, 4) is 5.75 Å². The van der Waals surface area contributed by atoms with E-state index in [-0.39, 0.29) is 26.1 Å². The zero-order valence-electron chi connectivity index (χ0n) is 23.5. The predicted molar refractivity (Wildman–Crippen MR) is 138 cm³/mol. The maximum atomic E-state index is 13.1. The molecule has 1 fully saturated rings. The van der Waals surface area contributed by atoms with Crippen LogP contribution < -0.4 is 10.1 Å². The molecule has 2 aromatic carbocycles. The Labute approximate surface area is 239 Å². The largest absolute Gasteiger partial charge is 0.573 e. The number of alkyl carbamates (subject to hydrolysis) is 1. The molecule has 0 saturated carbocycles. The van der Waals surface area contributed by atoms with E-state index < -0.39 is 65.5 Å². The van der Waals surface area contributed by atoms with Crippen LogP contribution in [0.5, 0.6) is 5.75 Å². The van der Waals surface area contributed by atoms with Crippen LogP contribution in [0.1, 0.15) is 44.4 Å². The summed E-state index contributed by atoms with van der Waals surface area (Å²) in [5, 5.41) is 2.44. The Bertz CT molecular complexity index is 1190. The van der Waals surface area contributed by atoms with Crippen LogP contribution in [-0.2, 0) is 38.0 Å². The second-order valence-electron chi connectivity index (χ2n) is 11.1. The molecule has 42 heavy (non-hydrogen) atoms. The molecule has 7 nitrogen and oxygen atoms in total. The standard InChI is InChI=1S/C29H33F6NO6/c1-17-23(14-19-7-11-22(12-8-19)41-29(33,34)35)20(13-18-5-9-21(10-6-18)28(30,31)32)15-39-16-24(25(37)40-17)36-26(38)42-27(2,3)4/h5-12,17,20,23-24H,13-16H2,1-4H3,(H,36,38)/t17-,20-,23-,24-/m0/s1. The molecule has 1 aliphatic rings. The highest BCUT2D eigenvalue weighted by Crippen LogP contribution is 2.32. The van der Waals surface area contributed by atoms with Gasteiger partial charge >= 0.3 is 24.6 Å². The van der Waals surface area contributed by atoms with Crippen LogP contribution in [-0.4, -0.2) is 49.4 Å². The van der Waals surface area contributed by atoms with E-state index in [4.69, 9.17) is 14.2 Å². The van der Waals surface area contributed by atoms with Crippen LogP contribution in [0.2, 0.25) is 0 Å². The minimum absolute atomic E-state index is 0.0500. The number of halogens is 6. The number of alkyl halides is 6. The molecule has 1 heterocycles. The van der Waals surface area contributed by atoms with Crippen LogP contribution in [0.15, 0.2) is 48.5 Å². The van der Waals surface area contributed by atoms with E-state index in [2.05, 4.69) is 10.1 Å². The van der Waals surface area contributed by atoms with Crippen molar-refractivity contribution in [2.24, 2.45) is 11.8 Å². The van der Waals surface area contributed by atoms with Crippen LogP contribution in [0, 0.1) is 11.8 Å². The fourth-order valence-electron chi connectivity index (χ4n) is 4.59. The number of amides is 1. The van der Waals surface area contributed by atoms with Gasteiger partial charge in [-0.05, 0) is 81.8 Å². The third-order valence-corrected chi connectivity index (χ3v) is 6.51. The van der Waals surface area contributed by atoms with Gasteiger partial charge in [0, 0.05) is 5.92 Å². The lowest BCUT2D eigenvalue weighted by Crippen LogP contribution is -2.47. The van der Waals surface area contributed by atoms with E-state index in [1.165, 1.54) is 24.3 Å². The fourth-order valence-corrected chi connectivity index (χ4v) is 4.59. The Morgan fingerprint density at radius 1 is 0.905 bits per heavy atom. The van der Waals surface area contributed by atoms with E-state index in [1.54, 1.807) is 27.7 Å². The van der Waals surface area contributed by atoms with Crippen LogP contribution in [0.4, 0.5) is 31.1 Å². The van der Waals surface area contributed by atoms with Gasteiger partial charge in [-0.2, -0.15) is 13.2 Å². The SMILES string of the molecule is C[C@@H]1OC(=O)[C@@H](NC(=O)OC(C)(C)C)COC[C@H](Cc2ccc(C(F)(F)F)cc2)[C@H]1Cc1ccc(OC(F)(F)F)cc1. The van der Waals surface area contributed by atoms with Gasteiger partial charge in [-0.1, -0.05) is 24.3 Å². The molecule has 0 spiro atoms. The molecule has 232 valence electrons. The quantitative estimate of drug-likeness (QED) is 0.300. The second kappa shape index (κ2) is 13.2. The van der Waals surface area contributed by atoms with E-state index in [9.17, 15) is 35.9 Å². The summed E-state index contributed by atoms with van der Waals surface area (Å²) in [5.41, 5.74) is -0.429. The summed E-state index contributed by atoms with van der Waals surface area (Å²) in [6.45, 7) is 6.42. The van der Waals surface area contributed by atoms with E-state index >= 15 is 0 Å². The predicted octanol–water partition coefficient (Wildman–Crippen LogP) is 6.48. The molecule has 13 heteroatoms. The summed E-state index contributed by atoms with van der Waals surface area (Å²) in [6.07, 6.45) is -10.5. The molecule has 0 radical (unpaired) electrons. The van der Waals surface area contributed by atoms with Gasteiger partial charge in [0.1, 0.15) is 17.5 Å². The average Bonchev–Trinajstić information content (AvgIpc) is 2.88. The average molecular weight is 606 g/mol. The number of ether oxygens (including phenoxy) is 4. The first-order chi connectivity index (χ1) is 19.4. The molecular formula is C29H33F6NO6. The highest BCUT2D eigenvalue weighted by Gasteiger charge is 2.36. The van der Waals surface area contributed by atoms with Gasteiger partial charge in [0.15, 0.2) is 6.04 Å². The second-order valence-corrected chi connectivity index (χ2v) is 11.1. The van der Waals surface area contributed by atoms with E-state index in [0.717, 1.165) is 24.3 Å². The highest BCUT2D eigenvalue weighted by atomic mass is 19.4. The molecular weight excluding hydrogens is 572 g/mol. The third-order valence-electron chi connectivity index (χ3n) is 6.51. The fraction of sp³-hybridized carbons (Fsp3) is 0.517. The molecule has 1 N–H and O–H groups in total. The minimum atomic E-state index is -4.85. The van der Waals surface area contributed by atoms with Crippen LogP contribution in [0.25, 0.3) is 0 Å². The third kappa shape index (κ3) is 10.4. The molecule has 0 unspecified atom stereocenters. The first-order valence-corrected chi connectivity index (χ1v) is 13.2. The van der Waals surface area contributed by atoms with E-state index in [0.29, 0.717) is 11.1 Å². The molecule has 1 amide bonds. The summed E-state index contributed by atoms with van der Waals surface area (Å²) in [6, 6.07) is 8.71. The summed E-state index contributed by atoms with van der Waals surface area (Å²) in [5.74, 6) is -2.04. The van der Waals surface area contributed by atoms with E-state index in [1.807, 2.05) is 0 Å². The van der Waals surface area contributed by atoms with Crippen LogP contribution >= 0.6 is 0 Å². The zero-order valence-corrected chi connectivity index (χ0v) is 23.5. The highest BCUT2D eigenvalue weighted by molar-refractivity contribution is 5.81. The Morgan fingerprint density at radius 3 is 2.02 bits per heavy atom. The number of cyclic esters (lactones) is 1. The van der Waals surface area contributed by atoms with Crippen molar-refractivity contribution in [1.29, 1.82) is 0 Å². The first-order valence-electron chi connectivity index (χ1n) is 13.2. The molecule has 0 bridgehead atoms. The van der Waals surface area contributed by atoms with Crippen molar-refractivity contribution in [2.45, 2.75) is 70.8 Å². The van der Waals surface area contributed by atoms with Crippen molar-refractivity contribution in [3.63, 3.8) is 0 Å². The van der Waals surface area contributed by atoms with Crippen molar-refractivity contribution in [3.05, 3.63) is 65.2 Å². The zero-order chi connectivity index (χ0) is 31.3. The summed E-state index contributed by atoms with van der Waals surface area (Å²) in [4.78, 5) is 25.3. The monoisotopic (exact) mass is 605 g/mol. The molecule has 1 aliphatic heterocycles. The normalized spacial score (nSPS) is 22.3. The van der Waals surface area contributed by atoms with Crippen molar-refractivity contribution < 1.29 is 54.9 Å². The van der Waals surface area contributed by atoms with Gasteiger partial charge in [-0.15, -0.1) is 13.2 Å². The lowest BCUT2D eigenvalue weighted by Gasteiger charge is -2.31. The number of nitrogens with one attached hydrogen (secondary N) is 1. The van der Waals surface area contributed by atoms with Crippen LogP contribution in [0.3, 0.4) is 0 Å². The number of carbonyl (C=O) groups is 2. The number of hydrogen-bond donors (Lipinski definition) is 1. The van der Waals surface area contributed by atoms with Gasteiger partial charge in [0.2, 0.25) is 0 Å². The topological polar surface area (TPSA) is 83.1 Å². The van der Waals surface area contributed by atoms with Gasteiger partial charge in [0.05, 0.1) is 18.8 Å². The summed E-state index contributed by atoms with van der Waals surface area (Å²) >= 11 is 0. The smallest absolute Gasteiger partial charge is 0.461 e.